The van der Waals surface area contributed by atoms with Crippen molar-refractivity contribution in [2.45, 2.75) is 51.0 Å². The monoisotopic (exact) mass is 565 g/mol. The van der Waals surface area contributed by atoms with Crippen LogP contribution in [0.4, 0.5) is 5.82 Å². The van der Waals surface area contributed by atoms with Gasteiger partial charge in [-0.15, -0.1) is 0 Å². The van der Waals surface area contributed by atoms with Gasteiger partial charge in [0.05, 0.1) is 23.0 Å². The first-order chi connectivity index (χ1) is 19.1. The van der Waals surface area contributed by atoms with Gasteiger partial charge in [-0.1, -0.05) is 61.2 Å². The highest BCUT2D eigenvalue weighted by Crippen LogP contribution is 2.37. The molecule has 0 bridgehead atoms. The Hall–Kier alpha value is -3.69. The normalized spacial score (nSPS) is 14.6. The summed E-state index contributed by atoms with van der Waals surface area (Å²) < 4.78 is 5.98. The lowest BCUT2D eigenvalue weighted by molar-refractivity contribution is -0.145. The van der Waals surface area contributed by atoms with E-state index in [1.54, 1.807) is 18.2 Å². The maximum atomic E-state index is 13.5. The predicted octanol–water partition coefficient (Wildman–Crippen LogP) is 5.20. The highest BCUT2D eigenvalue weighted by Gasteiger charge is 2.41. The van der Waals surface area contributed by atoms with Gasteiger partial charge < -0.3 is 25.8 Å². The number of amides is 1. The van der Waals surface area contributed by atoms with E-state index in [0.717, 1.165) is 30.5 Å². The van der Waals surface area contributed by atoms with Crippen LogP contribution in [0.2, 0.25) is 5.02 Å². The zero-order chi connectivity index (χ0) is 28.9. The van der Waals surface area contributed by atoms with Crippen LogP contribution in [0, 0.1) is 6.92 Å². The molecule has 0 spiro atoms. The topological polar surface area (TPSA) is 131 Å². The number of aliphatic carboxylic acids is 1. The van der Waals surface area contributed by atoms with Gasteiger partial charge in [0, 0.05) is 17.7 Å². The number of hydrogen-bond donors (Lipinski definition) is 3. The summed E-state index contributed by atoms with van der Waals surface area (Å²) in [6, 6.07) is 13.0. The van der Waals surface area contributed by atoms with Crippen LogP contribution in [0.25, 0.3) is 22.5 Å². The van der Waals surface area contributed by atoms with Crippen molar-refractivity contribution in [3.05, 3.63) is 58.7 Å². The van der Waals surface area contributed by atoms with Gasteiger partial charge in [0.2, 0.25) is 0 Å². The highest BCUT2D eigenvalue weighted by atomic mass is 35.5. The van der Waals surface area contributed by atoms with E-state index in [2.05, 4.69) is 15.2 Å². The first kappa shape index (κ1) is 29.3. The summed E-state index contributed by atoms with van der Waals surface area (Å²) in [5.41, 5.74) is 8.14. The number of anilines is 1. The van der Waals surface area contributed by atoms with Crippen molar-refractivity contribution in [2.24, 2.45) is 0 Å². The zero-order valence-electron chi connectivity index (χ0n) is 23.2. The molecule has 1 amide bonds. The molecule has 0 aliphatic heterocycles. The minimum absolute atomic E-state index is 0.0787. The van der Waals surface area contributed by atoms with Gasteiger partial charge in [-0.3, -0.25) is 4.79 Å². The molecule has 1 fully saturated rings. The van der Waals surface area contributed by atoms with E-state index in [4.69, 9.17) is 27.1 Å². The molecule has 4 rings (SSSR count). The largest absolute Gasteiger partial charge is 0.492 e. The number of carboxylic acids is 1. The standard InChI is InChI=1S/C30H36ClN5O4/c1-19-10-5-6-11-21(19)25-24(20-12-13-22(31)23(18-20)40-17-9-16-36(2)3)33-26(27(32)34-25)28(37)35-30(29(38)39)14-7-4-8-15-30/h5-6,10-13,18H,4,7-9,14-17H2,1-3H3,(H2,32,34)(H,35,37)(H,38,39). The summed E-state index contributed by atoms with van der Waals surface area (Å²) in [7, 11) is 4.00. The second-order valence-corrected chi connectivity index (χ2v) is 10.9. The Morgan fingerprint density at radius 3 is 2.50 bits per heavy atom. The number of nitrogens with two attached hydrogens (primary N) is 1. The van der Waals surface area contributed by atoms with Crippen molar-refractivity contribution in [3.8, 4) is 28.3 Å². The van der Waals surface area contributed by atoms with E-state index in [1.165, 1.54) is 0 Å². The van der Waals surface area contributed by atoms with E-state index >= 15 is 0 Å². The number of nitrogens with one attached hydrogen (secondary N) is 1. The third-order valence-corrected chi connectivity index (χ3v) is 7.53. The number of aryl methyl sites for hydroxylation is 1. The first-order valence-corrected chi connectivity index (χ1v) is 13.9. The Kier molecular flexibility index (Phi) is 9.27. The van der Waals surface area contributed by atoms with Crippen LogP contribution < -0.4 is 15.8 Å². The molecule has 3 aromatic rings. The maximum absolute atomic E-state index is 13.5. The second kappa shape index (κ2) is 12.7. The molecule has 1 aromatic heterocycles. The van der Waals surface area contributed by atoms with Crippen LogP contribution >= 0.6 is 11.6 Å². The Bertz CT molecular complexity index is 1390. The third-order valence-electron chi connectivity index (χ3n) is 7.22. The molecule has 212 valence electrons. The van der Waals surface area contributed by atoms with Crippen LogP contribution in [-0.2, 0) is 4.79 Å². The summed E-state index contributed by atoms with van der Waals surface area (Å²) in [5.74, 6) is -1.31. The average molecular weight is 566 g/mol. The molecule has 2 aromatic carbocycles. The van der Waals surface area contributed by atoms with Crippen molar-refractivity contribution >= 4 is 29.3 Å². The highest BCUT2D eigenvalue weighted by molar-refractivity contribution is 6.32. The van der Waals surface area contributed by atoms with Crippen LogP contribution in [0.1, 0.15) is 54.6 Å². The van der Waals surface area contributed by atoms with Gasteiger partial charge in [0.1, 0.15) is 11.3 Å². The summed E-state index contributed by atoms with van der Waals surface area (Å²) in [4.78, 5) is 37.1. The van der Waals surface area contributed by atoms with Crippen molar-refractivity contribution in [1.82, 2.24) is 20.2 Å². The lowest BCUT2D eigenvalue weighted by atomic mass is 9.81. The lowest BCUT2D eigenvalue weighted by Gasteiger charge is -2.33. The van der Waals surface area contributed by atoms with Crippen molar-refractivity contribution in [3.63, 3.8) is 0 Å². The number of aromatic nitrogens is 2. The van der Waals surface area contributed by atoms with E-state index in [9.17, 15) is 14.7 Å². The molecule has 0 saturated heterocycles. The van der Waals surface area contributed by atoms with Gasteiger partial charge in [-0.25, -0.2) is 14.8 Å². The number of nitrogens with zero attached hydrogens (tertiary/aromatic N) is 3. The molecular weight excluding hydrogens is 530 g/mol. The molecule has 10 heteroatoms. The Labute approximate surface area is 239 Å². The summed E-state index contributed by atoms with van der Waals surface area (Å²) in [6.45, 7) is 3.30. The number of nitrogen functional groups attached to an aromatic ring is 1. The number of hydrogen-bond acceptors (Lipinski definition) is 7. The second-order valence-electron chi connectivity index (χ2n) is 10.5. The summed E-state index contributed by atoms with van der Waals surface area (Å²) in [6.07, 6.45) is 3.88. The SMILES string of the molecule is Cc1ccccc1-c1nc(N)c(C(=O)NC2(C(=O)O)CCCCC2)nc1-c1ccc(Cl)c(OCCCN(C)C)c1. The van der Waals surface area contributed by atoms with Crippen molar-refractivity contribution < 1.29 is 19.4 Å². The van der Waals surface area contributed by atoms with Gasteiger partial charge in [-0.2, -0.15) is 0 Å². The van der Waals surface area contributed by atoms with Crippen LogP contribution in [0.5, 0.6) is 5.75 Å². The van der Waals surface area contributed by atoms with Crippen molar-refractivity contribution in [1.29, 1.82) is 0 Å². The molecule has 1 heterocycles. The summed E-state index contributed by atoms with van der Waals surface area (Å²) in [5, 5.41) is 13.2. The van der Waals surface area contributed by atoms with E-state index < -0.39 is 17.4 Å². The molecule has 40 heavy (non-hydrogen) atoms. The van der Waals surface area contributed by atoms with Gasteiger partial charge in [-0.05, 0) is 58.0 Å². The summed E-state index contributed by atoms with van der Waals surface area (Å²) >= 11 is 6.46. The fourth-order valence-electron chi connectivity index (χ4n) is 4.99. The van der Waals surface area contributed by atoms with Crippen molar-refractivity contribution in [2.75, 3.05) is 33.0 Å². The average Bonchev–Trinajstić information content (AvgIpc) is 2.92. The van der Waals surface area contributed by atoms with Gasteiger partial charge in [0.15, 0.2) is 11.5 Å². The van der Waals surface area contributed by atoms with Crippen LogP contribution in [-0.4, -0.2) is 64.6 Å². The molecule has 1 aliphatic carbocycles. The number of benzene rings is 2. The molecule has 0 atom stereocenters. The van der Waals surface area contributed by atoms with Gasteiger partial charge >= 0.3 is 5.97 Å². The molecule has 4 N–H and O–H groups in total. The molecule has 0 unspecified atom stereocenters. The minimum atomic E-state index is -1.36. The van der Waals surface area contributed by atoms with Gasteiger partial charge in [0.25, 0.3) is 5.91 Å². The number of halogens is 1. The Morgan fingerprint density at radius 1 is 1.10 bits per heavy atom. The molecular formula is C30H36ClN5O4. The number of carbonyl (C=O) groups is 2. The molecule has 1 aliphatic rings. The smallest absolute Gasteiger partial charge is 0.329 e. The number of carbonyl (C=O) groups excluding carboxylic acids is 1. The van der Waals surface area contributed by atoms with E-state index in [1.807, 2.05) is 45.3 Å². The minimum Gasteiger partial charge on any atom is -0.492 e. The lowest BCUT2D eigenvalue weighted by Crippen LogP contribution is -2.55. The predicted molar refractivity (Wildman–Crippen MR) is 157 cm³/mol. The Balaban J connectivity index is 1.77. The molecule has 0 radical (unpaired) electrons. The quantitative estimate of drug-likeness (QED) is 0.286. The van der Waals surface area contributed by atoms with E-state index in [0.29, 0.717) is 60.0 Å². The first-order valence-electron chi connectivity index (χ1n) is 13.5. The zero-order valence-corrected chi connectivity index (χ0v) is 23.9. The number of carboxylic acid groups (broad SMARTS) is 1. The molecule has 1 saturated carbocycles. The third kappa shape index (κ3) is 6.54. The number of rotatable bonds is 10. The number of ether oxygens (including phenoxy) is 1. The van der Waals surface area contributed by atoms with Crippen LogP contribution in [0.3, 0.4) is 0 Å². The van der Waals surface area contributed by atoms with E-state index in [-0.39, 0.29) is 11.5 Å². The fourth-order valence-corrected chi connectivity index (χ4v) is 5.16. The Morgan fingerprint density at radius 2 is 1.82 bits per heavy atom. The maximum Gasteiger partial charge on any atom is 0.329 e. The fraction of sp³-hybridized carbons (Fsp3) is 0.400. The van der Waals surface area contributed by atoms with Crippen LogP contribution in [0.15, 0.2) is 42.5 Å². The molecule has 9 nitrogen and oxygen atoms in total.